The highest BCUT2D eigenvalue weighted by atomic mass is 16.6. The van der Waals surface area contributed by atoms with Crippen LogP contribution in [-0.2, 0) is 6.61 Å². The number of ether oxygens (including phenoxy) is 1. The Morgan fingerprint density at radius 3 is 2.67 bits per heavy atom. The number of nitrogen functional groups attached to an aromatic ring is 1. The summed E-state index contributed by atoms with van der Waals surface area (Å²) in [5, 5.41) is 11.0. The highest BCUT2D eigenvalue weighted by molar-refractivity contribution is 5.61. The van der Waals surface area contributed by atoms with Crippen LogP contribution in [0.1, 0.15) is 16.7 Å². The maximum Gasteiger partial charge on any atom is 0.294 e. The van der Waals surface area contributed by atoms with Crippen molar-refractivity contribution in [2.75, 3.05) is 5.43 Å². The van der Waals surface area contributed by atoms with Crippen LogP contribution < -0.4 is 16.0 Å². The number of nitro benzene ring substituents is 1. The lowest BCUT2D eigenvalue weighted by atomic mass is 10.1. The van der Waals surface area contributed by atoms with Gasteiger partial charge < -0.3 is 10.2 Å². The lowest BCUT2D eigenvalue weighted by molar-refractivity contribution is -0.384. The van der Waals surface area contributed by atoms with Gasteiger partial charge in [-0.15, -0.1) is 0 Å². The Hall–Kier alpha value is -2.60. The van der Waals surface area contributed by atoms with Gasteiger partial charge >= 0.3 is 0 Å². The molecule has 0 unspecified atom stereocenters. The number of rotatable bonds is 5. The Labute approximate surface area is 122 Å². The Kier molecular flexibility index (Phi) is 4.39. The largest absolute Gasteiger partial charge is 0.489 e. The second-order valence-corrected chi connectivity index (χ2v) is 4.81. The van der Waals surface area contributed by atoms with Gasteiger partial charge in [-0.1, -0.05) is 18.2 Å². The van der Waals surface area contributed by atoms with Gasteiger partial charge in [0.25, 0.3) is 5.69 Å². The maximum absolute atomic E-state index is 11.0. The van der Waals surface area contributed by atoms with Crippen LogP contribution in [0.25, 0.3) is 0 Å². The summed E-state index contributed by atoms with van der Waals surface area (Å²) < 4.78 is 5.74. The first-order valence-electron chi connectivity index (χ1n) is 6.45. The van der Waals surface area contributed by atoms with E-state index < -0.39 is 4.92 Å². The molecule has 0 saturated carbocycles. The van der Waals surface area contributed by atoms with Crippen molar-refractivity contribution in [3.05, 3.63) is 63.2 Å². The fourth-order valence-electron chi connectivity index (χ4n) is 1.96. The van der Waals surface area contributed by atoms with E-state index in [1.54, 1.807) is 12.1 Å². The van der Waals surface area contributed by atoms with E-state index in [0.717, 1.165) is 16.9 Å². The molecule has 0 radical (unpaired) electrons. The van der Waals surface area contributed by atoms with Gasteiger partial charge in [-0.2, -0.15) is 0 Å². The fraction of sp³-hybridized carbons (Fsp3) is 0.200. The Balaban J connectivity index is 2.18. The van der Waals surface area contributed by atoms with Crippen LogP contribution in [0.4, 0.5) is 11.4 Å². The van der Waals surface area contributed by atoms with E-state index in [1.807, 2.05) is 32.0 Å². The summed E-state index contributed by atoms with van der Waals surface area (Å²) in [5.74, 6) is 6.03. The Bertz CT molecular complexity index is 671. The summed E-state index contributed by atoms with van der Waals surface area (Å²) in [6, 6.07) is 10.7. The highest BCUT2D eigenvalue weighted by Crippen LogP contribution is 2.26. The third-order valence-corrected chi connectivity index (χ3v) is 3.15. The number of hydrazine groups is 1. The number of benzene rings is 2. The first-order chi connectivity index (χ1) is 10.0. The first-order valence-corrected chi connectivity index (χ1v) is 6.45. The maximum atomic E-state index is 11.0. The van der Waals surface area contributed by atoms with Gasteiger partial charge in [0, 0.05) is 6.07 Å². The molecule has 0 amide bonds. The molecule has 0 bridgehead atoms. The summed E-state index contributed by atoms with van der Waals surface area (Å²) >= 11 is 0. The molecule has 110 valence electrons. The van der Waals surface area contributed by atoms with Gasteiger partial charge in [0.1, 0.15) is 18.0 Å². The molecule has 0 spiro atoms. The molecule has 2 rings (SSSR count). The standard InChI is InChI=1S/C15H17N3O3/c1-10-3-4-11(2)15(7-10)21-9-12-5-6-13(17-16)14(8-12)18(19)20/h3-8,17H,9,16H2,1-2H3. The first kappa shape index (κ1) is 14.8. The second-order valence-electron chi connectivity index (χ2n) is 4.81. The molecular weight excluding hydrogens is 270 g/mol. The number of nitrogens with zero attached hydrogens (tertiary/aromatic N) is 1. The quantitative estimate of drug-likeness (QED) is 0.501. The van der Waals surface area contributed by atoms with E-state index in [-0.39, 0.29) is 18.0 Å². The van der Waals surface area contributed by atoms with Crippen molar-refractivity contribution < 1.29 is 9.66 Å². The molecule has 21 heavy (non-hydrogen) atoms. The van der Waals surface area contributed by atoms with Gasteiger partial charge in [-0.25, -0.2) is 0 Å². The molecule has 0 saturated heterocycles. The van der Waals surface area contributed by atoms with E-state index in [4.69, 9.17) is 10.6 Å². The van der Waals surface area contributed by atoms with Crippen molar-refractivity contribution >= 4 is 11.4 Å². The lowest BCUT2D eigenvalue weighted by Crippen LogP contribution is -2.09. The smallest absolute Gasteiger partial charge is 0.294 e. The Morgan fingerprint density at radius 1 is 1.24 bits per heavy atom. The van der Waals surface area contributed by atoms with Crippen LogP contribution in [0, 0.1) is 24.0 Å². The number of nitrogens with one attached hydrogen (secondary N) is 1. The highest BCUT2D eigenvalue weighted by Gasteiger charge is 2.14. The number of nitro groups is 1. The lowest BCUT2D eigenvalue weighted by Gasteiger charge is -2.10. The SMILES string of the molecule is Cc1ccc(C)c(OCc2ccc(NN)c([N+](=O)[O-])c2)c1. The van der Waals surface area contributed by atoms with E-state index in [9.17, 15) is 10.1 Å². The van der Waals surface area contributed by atoms with Crippen molar-refractivity contribution in [2.24, 2.45) is 5.84 Å². The van der Waals surface area contributed by atoms with Crippen molar-refractivity contribution in [3.63, 3.8) is 0 Å². The molecule has 0 atom stereocenters. The van der Waals surface area contributed by atoms with Gasteiger partial charge in [0.2, 0.25) is 0 Å². The molecule has 0 aliphatic rings. The minimum atomic E-state index is -0.476. The molecule has 6 heteroatoms. The number of hydrogen-bond acceptors (Lipinski definition) is 5. The zero-order valence-corrected chi connectivity index (χ0v) is 11.9. The Morgan fingerprint density at radius 2 is 2.00 bits per heavy atom. The monoisotopic (exact) mass is 287 g/mol. The third-order valence-electron chi connectivity index (χ3n) is 3.15. The summed E-state index contributed by atoms with van der Waals surface area (Å²) in [6.45, 7) is 4.20. The topological polar surface area (TPSA) is 90.4 Å². The van der Waals surface area contributed by atoms with E-state index in [1.165, 1.54) is 6.07 Å². The average molecular weight is 287 g/mol. The predicted octanol–water partition coefficient (Wildman–Crippen LogP) is 3.08. The predicted molar refractivity (Wildman–Crippen MR) is 81.2 cm³/mol. The van der Waals surface area contributed by atoms with Crippen molar-refractivity contribution in [1.82, 2.24) is 0 Å². The molecule has 0 fully saturated rings. The molecule has 0 aromatic heterocycles. The van der Waals surface area contributed by atoms with E-state index >= 15 is 0 Å². The molecule has 6 nitrogen and oxygen atoms in total. The van der Waals surface area contributed by atoms with Gasteiger partial charge in [0.15, 0.2) is 0 Å². The summed E-state index contributed by atoms with van der Waals surface area (Å²) in [7, 11) is 0. The third kappa shape index (κ3) is 3.49. The normalized spacial score (nSPS) is 10.2. The summed E-state index contributed by atoms with van der Waals surface area (Å²) in [6.07, 6.45) is 0. The van der Waals surface area contributed by atoms with Gasteiger partial charge in [0.05, 0.1) is 4.92 Å². The van der Waals surface area contributed by atoms with Crippen LogP contribution in [0.15, 0.2) is 36.4 Å². The summed E-state index contributed by atoms with van der Waals surface area (Å²) in [5.41, 5.74) is 5.35. The molecule has 2 aromatic carbocycles. The number of nitrogens with two attached hydrogens (primary N) is 1. The second kappa shape index (κ2) is 6.23. The van der Waals surface area contributed by atoms with E-state index in [0.29, 0.717) is 5.56 Å². The number of aryl methyl sites for hydroxylation is 2. The molecule has 0 aliphatic heterocycles. The van der Waals surface area contributed by atoms with Crippen molar-refractivity contribution in [2.45, 2.75) is 20.5 Å². The van der Waals surface area contributed by atoms with E-state index in [2.05, 4.69) is 5.43 Å². The zero-order chi connectivity index (χ0) is 15.4. The fourth-order valence-corrected chi connectivity index (χ4v) is 1.96. The molecular formula is C15H17N3O3. The summed E-state index contributed by atoms with van der Waals surface area (Å²) in [4.78, 5) is 10.5. The average Bonchev–Trinajstić information content (AvgIpc) is 2.47. The van der Waals surface area contributed by atoms with Crippen LogP contribution in [0.3, 0.4) is 0 Å². The minimum Gasteiger partial charge on any atom is -0.489 e. The van der Waals surface area contributed by atoms with Crippen LogP contribution in [0.2, 0.25) is 0 Å². The van der Waals surface area contributed by atoms with Crippen molar-refractivity contribution in [1.29, 1.82) is 0 Å². The molecule has 0 aliphatic carbocycles. The molecule has 2 aromatic rings. The molecule has 0 heterocycles. The van der Waals surface area contributed by atoms with Gasteiger partial charge in [-0.05, 0) is 42.7 Å². The molecule has 3 N–H and O–H groups in total. The van der Waals surface area contributed by atoms with Crippen molar-refractivity contribution in [3.8, 4) is 5.75 Å². The van der Waals surface area contributed by atoms with Gasteiger partial charge in [-0.3, -0.25) is 16.0 Å². The number of anilines is 1. The number of hydrogen-bond donors (Lipinski definition) is 2. The van der Waals surface area contributed by atoms with Crippen LogP contribution in [0.5, 0.6) is 5.75 Å². The van der Waals surface area contributed by atoms with Crippen LogP contribution in [-0.4, -0.2) is 4.92 Å². The van der Waals surface area contributed by atoms with Crippen LogP contribution >= 0.6 is 0 Å². The minimum absolute atomic E-state index is 0.0698. The zero-order valence-electron chi connectivity index (χ0n) is 11.9.